The predicted molar refractivity (Wildman–Crippen MR) is 28.9 cm³/mol. The minimum Gasteiger partial charge on any atom is -0.463 e. The molecule has 2 nitrogen and oxygen atoms in total. The largest absolute Gasteiger partial charge is 0.463 e. The fraction of sp³-hybridized carbons (Fsp3) is 0.400. The quantitative estimate of drug-likeness (QED) is 0.384. The van der Waals surface area contributed by atoms with Gasteiger partial charge >= 0.3 is 5.97 Å². The summed E-state index contributed by atoms with van der Waals surface area (Å²) in [6.45, 7) is 5.38. The maximum atomic E-state index is 10.1. The molecule has 0 aromatic carbocycles. The average molecular weight is 102 g/mol. The number of rotatable bonds is 2. The highest BCUT2D eigenvalue weighted by molar-refractivity contribution is 5.81. The van der Waals surface area contributed by atoms with E-state index in [1.165, 1.54) is 0 Å². The Morgan fingerprint density at radius 3 is 2.86 bits per heavy atom. The SMILES string of the molecule is C=CC(=O)OCC.[HH]. The highest BCUT2D eigenvalue weighted by Crippen LogP contribution is 1.74. The Labute approximate surface area is 44.3 Å². The smallest absolute Gasteiger partial charge is 0.330 e. The maximum absolute atomic E-state index is 10.1. The lowest BCUT2D eigenvalue weighted by Crippen LogP contribution is -1.97. The molecule has 0 amide bonds. The van der Waals surface area contributed by atoms with Crippen molar-refractivity contribution in [2.75, 3.05) is 6.61 Å². The third-order valence-corrected chi connectivity index (χ3v) is 0.453. The predicted octanol–water partition coefficient (Wildman–Crippen LogP) is 0.981. The van der Waals surface area contributed by atoms with Crippen LogP contribution in [0.25, 0.3) is 0 Å². The number of ether oxygens (including phenoxy) is 1. The normalized spacial score (nSPS) is 7.57. The van der Waals surface area contributed by atoms with Crippen molar-refractivity contribution in [3.8, 4) is 0 Å². The molecule has 0 bridgehead atoms. The van der Waals surface area contributed by atoms with Crippen molar-refractivity contribution in [1.82, 2.24) is 0 Å². The fourth-order valence-corrected chi connectivity index (χ4v) is 0.201. The van der Waals surface area contributed by atoms with Gasteiger partial charge in [-0.15, -0.1) is 0 Å². The van der Waals surface area contributed by atoms with Crippen molar-refractivity contribution >= 4 is 5.97 Å². The van der Waals surface area contributed by atoms with E-state index in [9.17, 15) is 4.79 Å². The topological polar surface area (TPSA) is 26.3 Å². The van der Waals surface area contributed by atoms with Gasteiger partial charge < -0.3 is 4.74 Å². The van der Waals surface area contributed by atoms with Crippen LogP contribution in [0.1, 0.15) is 8.35 Å². The molecule has 0 aromatic heterocycles. The van der Waals surface area contributed by atoms with Gasteiger partial charge in [0.1, 0.15) is 0 Å². The van der Waals surface area contributed by atoms with Crippen LogP contribution in [-0.4, -0.2) is 12.6 Å². The van der Waals surface area contributed by atoms with Crippen LogP contribution >= 0.6 is 0 Å². The van der Waals surface area contributed by atoms with E-state index in [0.717, 1.165) is 6.08 Å². The summed E-state index contributed by atoms with van der Waals surface area (Å²) >= 11 is 0. The molecule has 0 spiro atoms. The summed E-state index contributed by atoms with van der Waals surface area (Å²) in [6, 6.07) is 0. The average Bonchev–Trinajstić information content (AvgIpc) is 1.68. The van der Waals surface area contributed by atoms with E-state index >= 15 is 0 Å². The zero-order chi connectivity index (χ0) is 5.70. The van der Waals surface area contributed by atoms with E-state index in [4.69, 9.17) is 0 Å². The van der Waals surface area contributed by atoms with Crippen LogP contribution in [0.15, 0.2) is 12.7 Å². The van der Waals surface area contributed by atoms with Crippen LogP contribution in [0.4, 0.5) is 0 Å². The van der Waals surface area contributed by atoms with Crippen LogP contribution < -0.4 is 0 Å². The second-order valence-corrected chi connectivity index (χ2v) is 0.956. The molecule has 0 unspecified atom stereocenters. The first-order valence-electron chi connectivity index (χ1n) is 2.10. The highest BCUT2D eigenvalue weighted by atomic mass is 16.5. The number of esters is 1. The fourth-order valence-electron chi connectivity index (χ4n) is 0.201. The van der Waals surface area contributed by atoms with Gasteiger partial charge in [-0.25, -0.2) is 4.79 Å². The second kappa shape index (κ2) is 3.40. The van der Waals surface area contributed by atoms with Gasteiger partial charge in [0.15, 0.2) is 0 Å². The first kappa shape index (κ1) is 6.21. The molecule has 0 aromatic rings. The van der Waals surface area contributed by atoms with Crippen molar-refractivity contribution in [3.63, 3.8) is 0 Å². The molecule has 0 rings (SSSR count). The van der Waals surface area contributed by atoms with Crippen molar-refractivity contribution in [3.05, 3.63) is 12.7 Å². The first-order chi connectivity index (χ1) is 3.31. The number of carbonyl (C=O) groups is 1. The first-order valence-corrected chi connectivity index (χ1v) is 2.10. The Kier molecular flexibility index (Phi) is 3.02. The maximum Gasteiger partial charge on any atom is 0.330 e. The molecule has 2 heteroatoms. The lowest BCUT2D eigenvalue weighted by atomic mass is 10.6. The molecule has 0 aliphatic carbocycles. The summed E-state index contributed by atoms with van der Waals surface area (Å²) in [5.74, 6) is -0.359. The Balaban J connectivity index is 0. The van der Waals surface area contributed by atoms with Gasteiger partial charge in [0.2, 0.25) is 0 Å². The summed E-state index contributed by atoms with van der Waals surface area (Å²) in [7, 11) is 0. The van der Waals surface area contributed by atoms with Gasteiger partial charge in [-0.3, -0.25) is 0 Å². The number of hydrogen-bond donors (Lipinski definition) is 0. The molecule has 42 valence electrons. The van der Waals surface area contributed by atoms with Crippen LogP contribution in [0.5, 0.6) is 0 Å². The van der Waals surface area contributed by atoms with Gasteiger partial charge in [-0.1, -0.05) is 6.58 Å². The van der Waals surface area contributed by atoms with Crippen molar-refractivity contribution in [2.45, 2.75) is 6.92 Å². The third-order valence-electron chi connectivity index (χ3n) is 0.453. The lowest BCUT2D eigenvalue weighted by molar-refractivity contribution is -0.137. The highest BCUT2D eigenvalue weighted by Gasteiger charge is 1.86. The summed E-state index contributed by atoms with van der Waals surface area (Å²) in [4.78, 5) is 10.1. The molecule has 0 saturated carbocycles. The molecule has 0 aliphatic heterocycles. The van der Waals surface area contributed by atoms with E-state index in [1.807, 2.05) is 0 Å². The standard InChI is InChI=1S/C5H8O2.H2/c1-3-5(6)7-4-2;/h3H,1,4H2,2H3;1H. The van der Waals surface area contributed by atoms with Crippen LogP contribution in [0.2, 0.25) is 0 Å². The monoisotopic (exact) mass is 102 g/mol. The molecule has 0 aliphatic rings. The number of hydrogen-bond acceptors (Lipinski definition) is 2. The van der Waals surface area contributed by atoms with E-state index < -0.39 is 0 Å². The Bertz CT molecular complexity index is 80.5. The van der Waals surface area contributed by atoms with Gasteiger partial charge in [0.05, 0.1) is 6.61 Å². The summed E-state index contributed by atoms with van der Waals surface area (Å²) in [6.07, 6.45) is 1.14. The van der Waals surface area contributed by atoms with Gasteiger partial charge in [-0.05, 0) is 6.92 Å². The van der Waals surface area contributed by atoms with Gasteiger partial charge in [-0.2, -0.15) is 0 Å². The number of carbonyl (C=O) groups excluding carboxylic acids is 1. The van der Waals surface area contributed by atoms with Gasteiger partial charge in [0.25, 0.3) is 0 Å². The third kappa shape index (κ3) is 3.03. The molecule has 0 saturated heterocycles. The zero-order valence-corrected chi connectivity index (χ0v) is 4.31. The Hall–Kier alpha value is -0.790. The van der Waals surface area contributed by atoms with E-state index in [-0.39, 0.29) is 7.40 Å². The van der Waals surface area contributed by atoms with Crippen molar-refractivity contribution in [1.29, 1.82) is 0 Å². The van der Waals surface area contributed by atoms with Crippen molar-refractivity contribution in [2.24, 2.45) is 0 Å². The molecule has 7 heavy (non-hydrogen) atoms. The second-order valence-electron chi connectivity index (χ2n) is 0.956. The lowest BCUT2D eigenvalue weighted by Gasteiger charge is -1.90. The van der Waals surface area contributed by atoms with Crippen LogP contribution in [0.3, 0.4) is 0 Å². The van der Waals surface area contributed by atoms with Crippen LogP contribution in [-0.2, 0) is 9.53 Å². The zero-order valence-electron chi connectivity index (χ0n) is 4.31. The molecule has 0 atom stereocenters. The summed E-state index contributed by atoms with van der Waals surface area (Å²) in [5.41, 5.74) is 0. The molecule has 0 radical (unpaired) electrons. The molecular formula is C5H10O2. The molecule has 0 heterocycles. The van der Waals surface area contributed by atoms with Crippen LogP contribution in [0, 0.1) is 0 Å². The Morgan fingerprint density at radius 2 is 2.71 bits per heavy atom. The van der Waals surface area contributed by atoms with E-state index in [1.54, 1.807) is 6.92 Å². The Morgan fingerprint density at radius 1 is 2.14 bits per heavy atom. The summed E-state index contributed by atoms with van der Waals surface area (Å²) in [5, 5.41) is 0. The van der Waals surface area contributed by atoms with E-state index in [0.29, 0.717) is 6.61 Å². The summed E-state index contributed by atoms with van der Waals surface area (Å²) < 4.78 is 4.43. The molecule has 0 N–H and O–H groups in total. The van der Waals surface area contributed by atoms with E-state index in [2.05, 4.69) is 11.3 Å². The molecule has 0 fully saturated rings. The van der Waals surface area contributed by atoms with Gasteiger partial charge in [0, 0.05) is 7.50 Å². The minimum absolute atomic E-state index is 0. The minimum atomic E-state index is -0.359. The molecular weight excluding hydrogens is 92.1 g/mol. The van der Waals surface area contributed by atoms with Crippen molar-refractivity contribution < 1.29 is 11.0 Å².